The Bertz CT molecular complexity index is 411. The predicted molar refractivity (Wildman–Crippen MR) is 46.3 cm³/mol. The van der Waals surface area contributed by atoms with Crippen molar-refractivity contribution in [1.82, 2.24) is 14.8 Å². The topological polar surface area (TPSA) is 30.7 Å². The van der Waals surface area contributed by atoms with Gasteiger partial charge in [-0.3, -0.25) is 4.98 Å². The van der Waals surface area contributed by atoms with Gasteiger partial charge in [0.1, 0.15) is 5.69 Å². The molecule has 0 N–H and O–H groups in total. The molecule has 5 heteroatoms. The first-order chi connectivity index (χ1) is 6.79. The van der Waals surface area contributed by atoms with Crippen LogP contribution in [0, 0.1) is 0 Å². The number of aromatic nitrogens is 3. The normalized spacial score (nSPS) is 10.8. The Balaban J connectivity index is 2.47. The summed E-state index contributed by atoms with van der Waals surface area (Å²) in [5, 5.41) is 3.80. The fraction of sp³-hybridized carbons (Fsp3) is 0.111. The molecule has 2 rings (SSSR count). The number of pyridine rings is 1. The maximum Gasteiger partial charge on any atom is 0.280 e. The Labute approximate surface area is 79.0 Å². The van der Waals surface area contributed by atoms with Gasteiger partial charge >= 0.3 is 0 Å². The molecular formula is C9H7F2N3. The highest BCUT2D eigenvalue weighted by atomic mass is 19.3. The van der Waals surface area contributed by atoms with Crippen LogP contribution < -0.4 is 0 Å². The van der Waals surface area contributed by atoms with Crippen molar-refractivity contribution in [3.63, 3.8) is 0 Å². The first-order valence-electron chi connectivity index (χ1n) is 4.01. The lowest BCUT2D eigenvalue weighted by molar-refractivity contribution is 0.143. The molecule has 2 aromatic heterocycles. The summed E-state index contributed by atoms with van der Waals surface area (Å²) in [5.41, 5.74) is 0.408. The van der Waals surface area contributed by atoms with E-state index in [0.29, 0.717) is 5.69 Å². The van der Waals surface area contributed by atoms with Crippen LogP contribution in [0.5, 0.6) is 0 Å². The SMILES string of the molecule is FC(F)c1ccnn1-c1cccnc1. The third kappa shape index (κ3) is 1.48. The van der Waals surface area contributed by atoms with E-state index in [4.69, 9.17) is 0 Å². The minimum atomic E-state index is -2.53. The molecule has 0 radical (unpaired) electrons. The molecule has 0 aliphatic heterocycles. The van der Waals surface area contributed by atoms with Crippen LogP contribution in [0.25, 0.3) is 5.69 Å². The van der Waals surface area contributed by atoms with Crippen LogP contribution in [0.2, 0.25) is 0 Å². The van der Waals surface area contributed by atoms with E-state index in [-0.39, 0.29) is 5.69 Å². The fourth-order valence-corrected chi connectivity index (χ4v) is 1.17. The molecule has 2 heterocycles. The van der Waals surface area contributed by atoms with E-state index in [1.54, 1.807) is 18.3 Å². The molecule has 0 fully saturated rings. The van der Waals surface area contributed by atoms with Crippen molar-refractivity contribution in [2.75, 3.05) is 0 Å². The maximum atomic E-state index is 12.5. The van der Waals surface area contributed by atoms with Crippen molar-refractivity contribution in [2.24, 2.45) is 0 Å². The largest absolute Gasteiger partial charge is 0.280 e. The Morgan fingerprint density at radius 1 is 1.21 bits per heavy atom. The summed E-state index contributed by atoms with van der Waals surface area (Å²) in [5.74, 6) is 0. The highest BCUT2D eigenvalue weighted by Gasteiger charge is 2.13. The van der Waals surface area contributed by atoms with Crippen LogP contribution in [-0.2, 0) is 0 Å². The lowest BCUT2D eigenvalue weighted by Gasteiger charge is -2.04. The molecule has 0 amide bonds. The molecule has 0 aliphatic rings. The Kier molecular flexibility index (Phi) is 2.22. The summed E-state index contributed by atoms with van der Waals surface area (Å²) in [6.45, 7) is 0. The number of alkyl halides is 2. The van der Waals surface area contributed by atoms with Gasteiger partial charge in [0.15, 0.2) is 0 Å². The highest BCUT2D eigenvalue weighted by Crippen LogP contribution is 2.20. The minimum Gasteiger partial charge on any atom is -0.262 e. The second-order valence-corrected chi connectivity index (χ2v) is 2.68. The van der Waals surface area contributed by atoms with Crippen LogP contribution in [0.3, 0.4) is 0 Å². The van der Waals surface area contributed by atoms with Gasteiger partial charge in [0, 0.05) is 12.4 Å². The number of hydrogen-bond acceptors (Lipinski definition) is 2. The van der Waals surface area contributed by atoms with E-state index >= 15 is 0 Å². The van der Waals surface area contributed by atoms with E-state index in [0.717, 1.165) is 0 Å². The van der Waals surface area contributed by atoms with Gasteiger partial charge in [-0.05, 0) is 18.2 Å². The smallest absolute Gasteiger partial charge is 0.262 e. The molecule has 0 saturated heterocycles. The van der Waals surface area contributed by atoms with Crippen molar-refractivity contribution < 1.29 is 8.78 Å². The van der Waals surface area contributed by atoms with Crippen molar-refractivity contribution in [2.45, 2.75) is 6.43 Å². The molecule has 0 atom stereocenters. The third-order valence-electron chi connectivity index (χ3n) is 1.79. The van der Waals surface area contributed by atoms with Gasteiger partial charge in [0.2, 0.25) is 0 Å². The van der Waals surface area contributed by atoms with Crippen molar-refractivity contribution in [1.29, 1.82) is 0 Å². The first kappa shape index (κ1) is 8.80. The van der Waals surface area contributed by atoms with Gasteiger partial charge in [-0.25, -0.2) is 13.5 Å². The first-order valence-corrected chi connectivity index (χ1v) is 4.01. The molecule has 0 aromatic carbocycles. The zero-order chi connectivity index (χ0) is 9.97. The quantitative estimate of drug-likeness (QED) is 0.735. The zero-order valence-corrected chi connectivity index (χ0v) is 7.14. The molecule has 14 heavy (non-hydrogen) atoms. The van der Waals surface area contributed by atoms with E-state index in [2.05, 4.69) is 10.1 Å². The fourth-order valence-electron chi connectivity index (χ4n) is 1.17. The van der Waals surface area contributed by atoms with Gasteiger partial charge in [-0.2, -0.15) is 5.10 Å². The van der Waals surface area contributed by atoms with Crippen LogP contribution >= 0.6 is 0 Å². The second kappa shape index (κ2) is 3.53. The van der Waals surface area contributed by atoms with E-state index in [9.17, 15) is 8.78 Å². The average molecular weight is 195 g/mol. The van der Waals surface area contributed by atoms with Gasteiger partial charge in [0.25, 0.3) is 6.43 Å². The summed E-state index contributed by atoms with van der Waals surface area (Å²) in [4.78, 5) is 3.84. The summed E-state index contributed by atoms with van der Waals surface area (Å²) >= 11 is 0. The predicted octanol–water partition coefficient (Wildman–Crippen LogP) is 2.20. The molecule has 3 nitrogen and oxygen atoms in total. The molecular weight excluding hydrogens is 188 g/mol. The van der Waals surface area contributed by atoms with Gasteiger partial charge < -0.3 is 0 Å². The average Bonchev–Trinajstić information content (AvgIpc) is 2.67. The lowest BCUT2D eigenvalue weighted by Crippen LogP contribution is -2.02. The monoisotopic (exact) mass is 195 g/mol. The van der Waals surface area contributed by atoms with Crippen molar-refractivity contribution >= 4 is 0 Å². The Morgan fingerprint density at radius 3 is 2.71 bits per heavy atom. The molecule has 0 saturated carbocycles. The third-order valence-corrected chi connectivity index (χ3v) is 1.79. The number of rotatable bonds is 2. The summed E-state index contributed by atoms with van der Waals surface area (Å²) < 4.78 is 26.1. The molecule has 0 unspecified atom stereocenters. The summed E-state index contributed by atoms with van der Waals surface area (Å²) in [6.07, 6.45) is 1.88. The van der Waals surface area contributed by atoms with Crippen LogP contribution in [0.4, 0.5) is 8.78 Å². The van der Waals surface area contributed by atoms with E-state index in [1.165, 1.54) is 23.1 Å². The van der Waals surface area contributed by atoms with E-state index in [1.807, 2.05) is 0 Å². The lowest BCUT2D eigenvalue weighted by atomic mass is 10.4. The summed E-state index contributed by atoms with van der Waals surface area (Å²) in [6, 6.07) is 4.63. The van der Waals surface area contributed by atoms with Crippen LogP contribution in [0.1, 0.15) is 12.1 Å². The van der Waals surface area contributed by atoms with Crippen molar-refractivity contribution in [3.8, 4) is 5.69 Å². The van der Waals surface area contributed by atoms with Gasteiger partial charge in [-0.15, -0.1) is 0 Å². The van der Waals surface area contributed by atoms with Gasteiger partial charge in [-0.1, -0.05) is 0 Å². The number of hydrogen-bond donors (Lipinski definition) is 0. The highest BCUT2D eigenvalue weighted by molar-refractivity contribution is 5.29. The number of halogens is 2. The van der Waals surface area contributed by atoms with Crippen molar-refractivity contribution in [3.05, 3.63) is 42.5 Å². The molecule has 0 spiro atoms. The van der Waals surface area contributed by atoms with Crippen LogP contribution in [-0.4, -0.2) is 14.8 Å². The minimum absolute atomic E-state index is 0.127. The molecule has 2 aromatic rings. The molecule has 0 aliphatic carbocycles. The number of nitrogens with zero attached hydrogens (tertiary/aromatic N) is 3. The Morgan fingerprint density at radius 2 is 2.07 bits per heavy atom. The van der Waals surface area contributed by atoms with Gasteiger partial charge in [0.05, 0.1) is 11.9 Å². The van der Waals surface area contributed by atoms with Crippen LogP contribution in [0.15, 0.2) is 36.8 Å². The zero-order valence-electron chi connectivity index (χ0n) is 7.14. The molecule has 72 valence electrons. The standard InChI is InChI=1S/C9H7F2N3/c10-9(11)8-3-5-13-14(8)7-2-1-4-12-6-7/h1-6,9H. The Hall–Kier alpha value is -1.78. The molecule has 0 bridgehead atoms. The van der Waals surface area contributed by atoms with E-state index < -0.39 is 6.43 Å². The second-order valence-electron chi connectivity index (χ2n) is 2.68. The maximum absolute atomic E-state index is 12.5. The summed E-state index contributed by atoms with van der Waals surface area (Å²) in [7, 11) is 0.